The van der Waals surface area contributed by atoms with Crippen LogP contribution in [-0.4, -0.2) is 71.3 Å². The van der Waals surface area contributed by atoms with Gasteiger partial charge in [-0.25, -0.2) is 15.0 Å². The third-order valence-electron chi connectivity index (χ3n) is 6.32. The van der Waals surface area contributed by atoms with E-state index in [1.54, 1.807) is 31.7 Å². The van der Waals surface area contributed by atoms with Gasteiger partial charge >= 0.3 is 0 Å². The molecule has 34 heavy (non-hydrogen) atoms. The number of benzene rings is 1. The summed E-state index contributed by atoms with van der Waals surface area (Å²) < 4.78 is 12.0. The van der Waals surface area contributed by atoms with E-state index in [9.17, 15) is 4.79 Å². The van der Waals surface area contributed by atoms with Crippen LogP contribution >= 0.6 is 0 Å². The minimum atomic E-state index is -0.225. The lowest BCUT2D eigenvalue weighted by Crippen LogP contribution is -2.36. The summed E-state index contributed by atoms with van der Waals surface area (Å²) in [6, 6.07) is 6.00. The number of hydrogen-bond acceptors (Lipinski definition) is 9. The van der Waals surface area contributed by atoms with Gasteiger partial charge in [0.2, 0.25) is 5.95 Å². The van der Waals surface area contributed by atoms with Gasteiger partial charge in [-0.1, -0.05) is 0 Å². The van der Waals surface area contributed by atoms with Gasteiger partial charge in [-0.3, -0.25) is 9.78 Å². The summed E-state index contributed by atoms with van der Waals surface area (Å²) in [6.07, 6.45) is 8.76. The molecule has 2 fully saturated rings. The first kappa shape index (κ1) is 22.3. The zero-order valence-corrected chi connectivity index (χ0v) is 19.2. The van der Waals surface area contributed by atoms with Crippen molar-refractivity contribution >= 4 is 28.6 Å². The average Bonchev–Trinajstić information content (AvgIpc) is 2.90. The molecule has 0 atom stereocenters. The van der Waals surface area contributed by atoms with Crippen molar-refractivity contribution in [2.45, 2.75) is 37.8 Å². The van der Waals surface area contributed by atoms with Crippen LogP contribution in [0.25, 0.3) is 11.0 Å². The minimum Gasteiger partial charge on any atom is -0.488 e. The van der Waals surface area contributed by atoms with E-state index >= 15 is 0 Å². The Morgan fingerprint density at radius 1 is 1.06 bits per heavy atom. The highest BCUT2D eigenvalue weighted by atomic mass is 16.5. The zero-order valence-electron chi connectivity index (χ0n) is 19.2. The predicted molar refractivity (Wildman–Crippen MR) is 128 cm³/mol. The highest BCUT2D eigenvalue weighted by Crippen LogP contribution is 2.33. The monoisotopic (exact) mass is 463 g/mol. The van der Waals surface area contributed by atoms with Crippen LogP contribution in [0.15, 0.2) is 36.8 Å². The van der Waals surface area contributed by atoms with Crippen LogP contribution in [0, 0.1) is 0 Å². The summed E-state index contributed by atoms with van der Waals surface area (Å²) in [7, 11) is 1.59. The highest BCUT2D eigenvalue weighted by molar-refractivity contribution is 5.92. The lowest BCUT2D eigenvalue weighted by atomic mass is 9.93. The maximum atomic E-state index is 11.8. The van der Waals surface area contributed by atoms with Gasteiger partial charge < -0.3 is 25.0 Å². The Hall–Kier alpha value is -3.53. The van der Waals surface area contributed by atoms with Crippen LogP contribution in [-0.2, 0) is 4.74 Å². The third kappa shape index (κ3) is 5.01. The second kappa shape index (κ2) is 10.2. The second-order valence-electron chi connectivity index (χ2n) is 8.55. The number of aromatic nitrogens is 4. The molecule has 1 aromatic carbocycles. The molecule has 2 aliphatic rings. The number of ether oxygens (including phenoxy) is 2. The zero-order chi connectivity index (χ0) is 23.3. The van der Waals surface area contributed by atoms with Crippen molar-refractivity contribution in [1.29, 1.82) is 0 Å². The fourth-order valence-corrected chi connectivity index (χ4v) is 4.49. The Kier molecular flexibility index (Phi) is 6.66. The number of morpholine rings is 1. The molecule has 0 unspecified atom stereocenters. The lowest BCUT2D eigenvalue weighted by molar-refractivity contribution is 0.0958. The summed E-state index contributed by atoms with van der Waals surface area (Å²) in [5.41, 5.74) is 3.07. The summed E-state index contributed by atoms with van der Waals surface area (Å²) in [4.78, 5) is 31.8. The van der Waals surface area contributed by atoms with Gasteiger partial charge in [0.15, 0.2) is 0 Å². The van der Waals surface area contributed by atoms with Gasteiger partial charge in [-0.05, 0) is 37.8 Å². The van der Waals surface area contributed by atoms with E-state index in [2.05, 4.69) is 47.6 Å². The van der Waals surface area contributed by atoms with Crippen molar-refractivity contribution in [2.24, 2.45) is 0 Å². The van der Waals surface area contributed by atoms with Gasteiger partial charge in [-0.2, -0.15) is 0 Å². The molecule has 3 heterocycles. The van der Waals surface area contributed by atoms with Crippen LogP contribution in [0.3, 0.4) is 0 Å². The van der Waals surface area contributed by atoms with E-state index in [0.29, 0.717) is 11.6 Å². The molecule has 0 bridgehead atoms. The van der Waals surface area contributed by atoms with Gasteiger partial charge in [0, 0.05) is 56.5 Å². The van der Waals surface area contributed by atoms with Gasteiger partial charge in [0.25, 0.3) is 5.91 Å². The standard InChI is InChI=1S/C24H29N7O3/c1-25-23(32)19-6-7-28-24(30-19)29-16-2-4-18(5-3-16)34-21-15-17(31-10-12-33-13-11-31)14-20-22(21)27-9-8-26-20/h6-9,14-16,18H,2-5,10-13H2,1H3,(H,25,32)(H,28,29,30)/t16-,18+. The molecule has 1 saturated carbocycles. The molecular weight excluding hydrogens is 434 g/mol. The maximum Gasteiger partial charge on any atom is 0.269 e. The largest absolute Gasteiger partial charge is 0.488 e. The van der Waals surface area contributed by atoms with Crippen molar-refractivity contribution in [3.05, 3.63) is 42.5 Å². The van der Waals surface area contributed by atoms with Crippen LogP contribution < -0.4 is 20.3 Å². The van der Waals surface area contributed by atoms with Crippen molar-refractivity contribution in [3.63, 3.8) is 0 Å². The maximum absolute atomic E-state index is 11.8. The quantitative estimate of drug-likeness (QED) is 0.569. The molecule has 10 nitrogen and oxygen atoms in total. The van der Waals surface area contributed by atoms with Crippen molar-refractivity contribution in [3.8, 4) is 5.75 Å². The Morgan fingerprint density at radius 2 is 1.85 bits per heavy atom. The Balaban J connectivity index is 1.25. The van der Waals surface area contributed by atoms with Gasteiger partial charge in [0.05, 0.1) is 24.8 Å². The highest BCUT2D eigenvalue weighted by Gasteiger charge is 2.25. The molecule has 2 N–H and O–H groups in total. The van der Waals surface area contributed by atoms with Crippen LogP contribution in [0.1, 0.15) is 36.2 Å². The molecule has 1 saturated heterocycles. The Bertz CT molecular complexity index is 1140. The number of rotatable bonds is 6. The van der Waals surface area contributed by atoms with Gasteiger partial charge in [-0.15, -0.1) is 0 Å². The van der Waals surface area contributed by atoms with E-state index < -0.39 is 0 Å². The topological polar surface area (TPSA) is 114 Å². The minimum absolute atomic E-state index is 0.0984. The fourth-order valence-electron chi connectivity index (χ4n) is 4.49. The molecule has 1 amide bonds. The van der Waals surface area contributed by atoms with E-state index in [4.69, 9.17) is 9.47 Å². The van der Waals surface area contributed by atoms with E-state index in [0.717, 1.165) is 74.5 Å². The first-order valence-electron chi connectivity index (χ1n) is 11.8. The SMILES string of the molecule is CNC(=O)c1ccnc(N[C@H]2CC[C@@H](Oc3cc(N4CCOCC4)cc4nccnc34)CC2)n1. The number of amides is 1. The second-order valence-corrected chi connectivity index (χ2v) is 8.55. The molecule has 1 aliphatic heterocycles. The van der Waals surface area contributed by atoms with E-state index in [1.165, 1.54) is 0 Å². The van der Waals surface area contributed by atoms with Crippen LogP contribution in [0.5, 0.6) is 5.75 Å². The fraction of sp³-hybridized carbons (Fsp3) is 0.458. The van der Waals surface area contributed by atoms with E-state index in [-0.39, 0.29) is 18.1 Å². The predicted octanol–water partition coefficient (Wildman–Crippen LogP) is 2.42. The first-order valence-corrected chi connectivity index (χ1v) is 11.8. The molecule has 178 valence electrons. The molecule has 10 heteroatoms. The molecule has 1 aliphatic carbocycles. The number of fused-ring (bicyclic) bond motifs is 1. The van der Waals surface area contributed by atoms with Gasteiger partial charge in [0.1, 0.15) is 17.0 Å². The first-order chi connectivity index (χ1) is 16.7. The molecule has 0 spiro atoms. The van der Waals surface area contributed by atoms with Crippen LogP contribution in [0.4, 0.5) is 11.6 Å². The normalized spacial score (nSPS) is 20.7. The lowest BCUT2D eigenvalue weighted by Gasteiger charge is -2.31. The number of anilines is 2. The number of nitrogens with one attached hydrogen (secondary N) is 2. The molecule has 2 aromatic heterocycles. The average molecular weight is 464 g/mol. The molecule has 0 radical (unpaired) electrons. The summed E-state index contributed by atoms with van der Waals surface area (Å²) in [5.74, 6) is 1.03. The number of hydrogen-bond donors (Lipinski definition) is 2. The summed E-state index contributed by atoms with van der Waals surface area (Å²) in [5, 5.41) is 5.95. The molecule has 3 aromatic rings. The molecular formula is C24H29N7O3. The van der Waals surface area contributed by atoms with E-state index in [1.807, 2.05) is 0 Å². The summed E-state index contributed by atoms with van der Waals surface area (Å²) in [6.45, 7) is 3.15. The third-order valence-corrected chi connectivity index (χ3v) is 6.32. The number of nitrogens with zero attached hydrogens (tertiary/aromatic N) is 5. The smallest absolute Gasteiger partial charge is 0.269 e. The van der Waals surface area contributed by atoms with Crippen molar-refractivity contribution in [2.75, 3.05) is 43.6 Å². The van der Waals surface area contributed by atoms with Crippen LogP contribution in [0.2, 0.25) is 0 Å². The van der Waals surface area contributed by atoms with Crippen molar-refractivity contribution < 1.29 is 14.3 Å². The summed E-state index contributed by atoms with van der Waals surface area (Å²) >= 11 is 0. The molecule has 5 rings (SSSR count). The Labute approximate surface area is 198 Å². The number of carbonyl (C=O) groups excluding carboxylic acids is 1. The Morgan fingerprint density at radius 3 is 2.65 bits per heavy atom. The van der Waals surface area contributed by atoms with Crippen molar-refractivity contribution in [1.82, 2.24) is 25.3 Å². The number of carbonyl (C=O) groups is 1.